The number of hydrogen-bond donors (Lipinski definition) is 0. The molecule has 0 saturated carbocycles. The fourth-order valence-corrected chi connectivity index (χ4v) is 0.938. The Hall–Kier alpha value is -0.780. The van der Waals surface area contributed by atoms with Crippen LogP contribution < -0.4 is 0 Å². The van der Waals surface area contributed by atoms with Crippen molar-refractivity contribution in [2.45, 2.75) is 61.3 Å². The van der Waals surface area contributed by atoms with E-state index in [2.05, 4.69) is 51.1 Å². The Kier molecular flexibility index (Phi) is 14.9. The molecule has 0 aliphatic carbocycles. The summed E-state index contributed by atoms with van der Waals surface area (Å²) in [6, 6.07) is 10.6. The third-order valence-corrected chi connectivity index (χ3v) is 1.64. The van der Waals surface area contributed by atoms with Crippen LogP contribution in [0, 0.1) is 0 Å². The number of hydrogen-bond acceptors (Lipinski definition) is 0. The Labute approximate surface area is 97.7 Å². The second kappa shape index (κ2) is 11.3. The van der Waals surface area contributed by atoms with E-state index >= 15 is 0 Å². The summed E-state index contributed by atoms with van der Waals surface area (Å²) in [7, 11) is 0. The Morgan fingerprint density at radius 2 is 1.07 bits per heavy atom. The standard InChI is InChI=1S/C10H14.2C2H6.CH4/c1-10(2,3)9-7-5-4-6-8-9;2*1-2;/h4-8H,1-3H3;2*1-2H3;1H4. The highest BCUT2D eigenvalue weighted by atomic mass is 14.2. The topological polar surface area (TPSA) is 0 Å². The van der Waals surface area contributed by atoms with Crippen LogP contribution in [0.2, 0.25) is 0 Å². The summed E-state index contributed by atoms with van der Waals surface area (Å²) in [5.41, 5.74) is 1.69. The van der Waals surface area contributed by atoms with Crippen molar-refractivity contribution in [2.75, 3.05) is 0 Å². The lowest BCUT2D eigenvalue weighted by molar-refractivity contribution is 0.590. The van der Waals surface area contributed by atoms with Gasteiger partial charge in [0.1, 0.15) is 0 Å². The Morgan fingerprint density at radius 1 is 0.733 bits per heavy atom. The molecule has 0 bridgehead atoms. The Balaban J connectivity index is -0.000000258. The summed E-state index contributed by atoms with van der Waals surface area (Å²) < 4.78 is 0. The molecule has 0 heteroatoms. The lowest BCUT2D eigenvalue weighted by Gasteiger charge is -2.18. The maximum atomic E-state index is 2.22. The van der Waals surface area contributed by atoms with Crippen LogP contribution >= 0.6 is 0 Å². The van der Waals surface area contributed by atoms with Crippen molar-refractivity contribution in [1.82, 2.24) is 0 Å². The first-order valence-corrected chi connectivity index (χ1v) is 5.66. The summed E-state index contributed by atoms with van der Waals surface area (Å²) >= 11 is 0. The second-order valence-corrected chi connectivity index (χ2v) is 3.62. The highest BCUT2D eigenvalue weighted by Crippen LogP contribution is 2.20. The molecule has 0 unspecified atom stereocenters. The summed E-state index contributed by atoms with van der Waals surface area (Å²) in [6.07, 6.45) is 0. The van der Waals surface area contributed by atoms with Gasteiger partial charge in [-0.3, -0.25) is 0 Å². The van der Waals surface area contributed by atoms with Gasteiger partial charge in [-0.1, -0.05) is 86.2 Å². The maximum absolute atomic E-state index is 2.22. The second-order valence-electron chi connectivity index (χ2n) is 3.62. The van der Waals surface area contributed by atoms with Crippen LogP contribution in [0.5, 0.6) is 0 Å². The van der Waals surface area contributed by atoms with E-state index in [1.54, 1.807) is 0 Å². The minimum absolute atomic E-state index is 0. The molecule has 0 spiro atoms. The molecule has 0 fully saturated rings. The average molecular weight is 210 g/mol. The number of rotatable bonds is 0. The quantitative estimate of drug-likeness (QED) is 0.517. The van der Waals surface area contributed by atoms with E-state index in [1.807, 2.05) is 27.7 Å². The molecule has 0 aliphatic heterocycles. The summed E-state index contributed by atoms with van der Waals surface area (Å²) in [5.74, 6) is 0. The van der Waals surface area contributed by atoms with Gasteiger partial charge in [0.2, 0.25) is 0 Å². The van der Waals surface area contributed by atoms with Crippen molar-refractivity contribution in [3.63, 3.8) is 0 Å². The molecule has 0 saturated heterocycles. The molecule has 0 nitrogen and oxygen atoms in total. The Morgan fingerprint density at radius 3 is 1.27 bits per heavy atom. The van der Waals surface area contributed by atoms with Crippen LogP contribution in [0.15, 0.2) is 30.3 Å². The molecule has 15 heavy (non-hydrogen) atoms. The van der Waals surface area contributed by atoms with Gasteiger partial charge in [-0.25, -0.2) is 0 Å². The molecule has 0 aliphatic rings. The summed E-state index contributed by atoms with van der Waals surface area (Å²) in [6.45, 7) is 14.7. The van der Waals surface area contributed by atoms with Gasteiger partial charge in [0.05, 0.1) is 0 Å². The molecular weight excluding hydrogens is 180 g/mol. The molecule has 0 N–H and O–H groups in total. The van der Waals surface area contributed by atoms with E-state index in [9.17, 15) is 0 Å². The van der Waals surface area contributed by atoms with Crippen molar-refractivity contribution in [3.05, 3.63) is 35.9 Å². The largest absolute Gasteiger partial charge is 0.0776 e. The Bertz CT molecular complexity index is 191. The van der Waals surface area contributed by atoms with Gasteiger partial charge in [0.15, 0.2) is 0 Å². The maximum Gasteiger partial charge on any atom is -0.0132 e. The SMILES string of the molecule is C.CC.CC.CC(C)(C)c1ccccc1. The zero-order valence-electron chi connectivity index (χ0n) is 10.9. The van der Waals surface area contributed by atoms with Gasteiger partial charge in [-0.2, -0.15) is 0 Å². The molecule has 0 atom stereocenters. The van der Waals surface area contributed by atoms with Crippen LogP contribution in [-0.4, -0.2) is 0 Å². The molecule has 90 valence electrons. The minimum atomic E-state index is 0. The fraction of sp³-hybridized carbons (Fsp3) is 0.600. The summed E-state index contributed by atoms with van der Waals surface area (Å²) in [4.78, 5) is 0. The zero-order chi connectivity index (χ0) is 11.6. The molecule has 1 aromatic carbocycles. The van der Waals surface area contributed by atoms with Gasteiger partial charge in [0, 0.05) is 0 Å². The highest BCUT2D eigenvalue weighted by Gasteiger charge is 2.11. The molecule has 1 aromatic rings. The first-order chi connectivity index (χ1) is 6.61. The van der Waals surface area contributed by atoms with Crippen molar-refractivity contribution in [3.8, 4) is 0 Å². The minimum Gasteiger partial charge on any atom is -0.0776 e. The van der Waals surface area contributed by atoms with E-state index in [1.165, 1.54) is 5.56 Å². The normalized spacial score (nSPS) is 8.47. The van der Waals surface area contributed by atoms with Crippen LogP contribution in [0.3, 0.4) is 0 Å². The van der Waals surface area contributed by atoms with E-state index in [4.69, 9.17) is 0 Å². The predicted octanol–water partition coefficient (Wildman–Crippen LogP) is 5.67. The van der Waals surface area contributed by atoms with Gasteiger partial charge < -0.3 is 0 Å². The zero-order valence-corrected chi connectivity index (χ0v) is 10.9. The van der Waals surface area contributed by atoms with Crippen LogP contribution in [0.25, 0.3) is 0 Å². The third kappa shape index (κ3) is 9.52. The fourth-order valence-electron chi connectivity index (χ4n) is 0.938. The monoisotopic (exact) mass is 210 g/mol. The van der Waals surface area contributed by atoms with E-state index in [0.29, 0.717) is 5.41 Å². The van der Waals surface area contributed by atoms with Crippen LogP contribution in [0.4, 0.5) is 0 Å². The smallest absolute Gasteiger partial charge is 0.0132 e. The molecule has 0 amide bonds. The third-order valence-electron chi connectivity index (χ3n) is 1.64. The first kappa shape index (κ1) is 19.7. The highest BCUT2D eigenvalue weighted by molar-refractivity contribution is 5.21. The molecule has 0 heterocycles. The van der Waals surface area contributed by atoms with E-state index in [-0.39, 0.29) is 7.43 Å². The lowest BCUT2D eigenvalue weighted by Crippen LogP contribution is -2.10. The number of benzene rings is 1. The van der Waals surface area contributed by atoms with E-state index < -0.39 is 0 Å². The summed E-state index contributed by atoms with van der Waals surface area (Å²) in [5, 5.41) is 0. The predicted molar refractivity (Wildman–Crippen MR) is 74.6 cm³/mol. The molecule has 0 aromatic heterocycles. The van der Waals surface area contributed by atoms with Gasteiger partial charge in [-0.15, -0.1) is 0 Å². The first-order valence-electron chi connectivity index (χ1n) is 5.66. The van der Waals surface area contributed by atoms with Crippen molar-refractivity contribution < 1.29 is 0 Å². The van der Waals surface area contributed by atoms with Crippen LogP contribution in [0.1, 0.15) is 61.5 Å². The van der Waals surface area contributed by atoms with Crippen LogP contribution in [-0.2, 0) is 5.41 Å². The van der Waals surface area contributed by atoms with Gasteiger partial charge >= 0.3 is 0 Å². The molecular formula is C15H30. The lowest BCUT2D eigenvalue weighted by atomic mass is 9.87. The van der Waals surface area contributed by atoms with Gasteiger partial charge in [0.25, 0.3) is 0 Å². The molecule has 0 radical (unpaired) electrons. The van der Waals surface area contributed by atoms with Crippen molar-refractivity contribution in [2.24, 2.45) is 0 Å². The van der Waals surface area contributed by atoms with E-state index in [0.717, 1.165) is 0 Å². The molecule has 1 rings (SSSR count). The van der Waals surface area contributed by atoms with Gasteiger partial charge in [-0.05, 0) is 11.0 Å². The average Bonchev–Trinajstić information content (AvgIpc) is 2.24. The van der Waals surface area contributed by atoms with Crippen molar-refractivity contribution in [1.29, 1.82) is 0 Å². The van der Waals surface area contributed by atoms with Crippen molar-refractivity contribution >= 4 is 0 Å².